The fourth-order valence-corrected chi connectivity index (χ4v) is 3.26. The van der Waals surface area contributed by atoms with Gasteiger partial charge in [-0.15, -0.1) is 11.8 Å². The summed E-state index contributed by atoms with van der Waals surface area (Å²) in [6.07, 6.45) is 1.93. The van der Waals surface area contributed by atoms with Gasteiger partial charge in [-0.25, -0.2) is 0 Å². The second-order valence-electron chi connectivity index (χ2n) is 6.19. The highest BCUT2D eigenvalue weighted by molar-refractivity contribution is 8.00. The lowest BCUT2D eigenvalue weighted by atomic mass is 10.2. The number of carbonyl (C=O) groups is 2. The van der Waals surface area contributed by atoms with Gasteiger partial charge in [-0.1, -0.05) is 6.07 Å². The molecular weight excluding hydrogens is 364 g/mol. The van der Waals surface area contributed by atoms with Crippen LogP contribution in [0.4, 0.5) is 11.4 Å². The topological polar surface area (TPSA) is 76.7 Å². The van der Waals surface area contributed by atoms with E-state index >= 15 is 0 Å². The van der Waals surface area contributed by atoms with Gasteiger partial charge in [0, 0.05) is 22.6 Å². The molecule has 2 amide bonds. The summed E-state index contributed by atoms with van der Waals surface area (Å²) < 4.78 is 10.5. The molecule has 0 heterocycles. The molecule has 2 N–H and O–H groups in total. The molecule has 1 aliphatic rings. The third kappa shape index (κ3) is 5.40. The largest absolute Gasteiger partial charge is 0.497 e. The van der Waals surface area contributed by atoms with Crippen LogP contribution in [0.3, 0.4) is 0 Å². The maximum atomic E-state index is 12.3. The van der Waals surface area contributed by atoms with Crippen molar-refractivity contribution in [3.63, 3.8) is 0 Å². The summed E-state index contributed by atoms with van der Waals surface area (Å²) >= 11 is 1.40. The lowest BCUT2D eigenvalue weighted by molar-refractivity contribution is -0.117. The molecule has 1 aliphatic carbocycles. The first-order valence-corrected chi connectivity index (χ1v) is 9.63. The number of nitrogens with one attached hydrogen (secondary N) is 2. The number of hydrogen-bond acceptors (Lipinski definition) is 5. The minimum absolute atomic E-state index is 0.0695. The zero-order valence-electron chi connectivity index (χ0n) is 15.3. The van der Waals surface area contributed by atoms with Crippen molar-refractivity contribution >= 4 is 35.0 Å². The molecule has 7 heteroatoms. The van der Waals surface area contributed by atoms with Gasteiger partial charge >= 0.3 is 0 Å². The molecule has 0 aliphatic heterocycles. The molecule has 0 bridgehead atoms. The van der Waals surface area contributed by atoms with E-state index < -0.39 is 0 Å². The molecule has 0 unspecified atom stereocenters. The Kier molecular flexibility index (Phi) is 6.24. The van der Waals surface area contributed by atoms with Crippen molar-refractivity contribution in [2.24, 2.45) is 5.92 Å². The molecule has 1 fully saturated rings. The van der Waals surface area contributed by atoms with Crippen molar-refractivity contribution in [3.05, 3.63) is 42.5 Å². The van der Waals surface area contributed by atoms with Crippen LogP contribution in [-0.4, -0.2) is 31.8 Å². The van der Waals surface area contributed by atoms with E-state index in [4.69, 9.17) is 9.47 Å². The van der Waals surface area contributed by atoms with E-state index in [0.29, 0.717) is 17.2 Å². The number of anilines is 2. The van der Waals surface area contributed by atoms with Crippen LogP contribution in [0.15, 0.2) is 47.4 Å². The molecule has 0 spiro atoms. The molecule has 0 atom stereocenters. The summed E-state index contributed by atoms with van der Waals surface area (Å²) in [7, 11) is 3.12. The third-order valence-corrected chi connectivity index (χ3v) is 5.09. The van der Waals surface area contributed by atoms with Crippen LogP contribution in [0.1, 0.15) is 12.8 Å². The lowest BCUT2D eigenvalue weighted by Gasteiger charge is -2.12. The van der Waals surface area contributed by atoms with E-state index in [1.54, 1.807) is 32.4 Å². The zero-order chi connectivity index (χ0) is 19.2. The molecule has 6 nitrogen and oxygen atoms in total. The monoisotopic (exact) mass is 386 g/mol. The Labute approximate surface area is 162 Å². The molecule has 1 saturated carbocycles. The summed E-state index contributed by atoms with van der Waals surface area (Å²) in [6.45, 7) is 0. The maximum absolute atomic E-state index is 12.3. The Balaban J connectivity index is 1.57. The fraction of sp³-hybridized carbons (Fsp3) is 0.300. The van der Waals surface area contributed by atoms with Gasteiger partial charge in [0.1, 0.15) is 11.5 Å². The molecule has 2 aromatic rings. The first-order chi connectivity index (χ1) is 13.1. The van der Waals surface area contributed by atoms with Crippen molar-refractivity contribution in [2.75, 3.05) is 30.6 Å². The molecule has 0 radical (unpaired) electrons. The van der Waals surface area contributed by atoms with Gasteiger partial charge in [-0.2, -0.15) is 0 Å². The predicted molar refractivity (Wildman–Crippen MR) is 107 cm³/mol. The number of carbonyl (C=O) groups excluding carboxylic acids is 2. The second kappa shape index (κ2) is 8.81. The Morgan fingerprint density at radius 1 is 1.07 bits per heavy atom. The molecule has 2 aromatic carbocycles. The summed E-state index contributed by atoms with van der Waals surface area (Å²) in [5.41, 5.74) is 1.32. The second-order valence-corrected chi connectivity index (χ2v) is 7.24. The van der Waals surface area contributed by atoms with E-state index in [2.05, 4.69) is 10.6 Å². The number of benzene rings is 2. The average Bonchev–Trinajstić information content (AvgIpc) is 3.52. The Morgan fingerprint density at radius 3 is 2.59 bits per heavy atom. The van der Waals surface area contributed by atoms with E-state index in [-0.39, 0.29) is 23.5 Å². The fourth-order valence-electron chi connectivity index (χ4n) is 2.50. The Hall–Kier alpha value is -2.67. The highest BCUT2D eigenvalue weighted by Crippen LogP contribution is 2.31. The zero-order valence-corrected chi connectivity index (χ0v) is 16.1. The van der Waals surface area contributed by atoms with E-state index in [1.807, 2.05) is 24.3 Å². The van der Waals surface area contributed by atoms with Crippen LogP contribution in [-0.2, 0) is 9.59 Å². The molecule has 0 aromatic heterocycles. The summed E-state index contributed by atoms with van der Waals surface area (Å²) in [5.74, 6) is 1.51. The van der Waals surface area contributed by atoms with Crippen molar-refractivity contribution in [3.8, 4) is 11.5 Å². The highest BCUT2D eigenvalue weighted by Gasteiger charge is 2.29. The standard InChI is InChI=1S/C20H22N2O4S/c1-25-15-8-9-18(26-2)17(11-15)22-19(23)12-27-16-5-3-4-14(10-16)21-20(24)13-6-7-13/h3-5,8-11,13H,6-7,12H2,1-2H3,(H,21,24)(H,22,23). The van der Waals surface area contributed by atoms with Gasteiger partial charge in [0.05, 0.1) is 25.7 Å². The van der Waals surface area contributed by atoms with Crippen LogP contribution < -0.4 is 20.1 Å². The van der Waals surface area contributed by atoms with Gasteiger partial charge in [0.25, 0.3) is 0 Å². The number of hydrogen-bond donors (Lipinski definition) is 2. The Bertz CT molecular complexity index is 836. The van der Waals surface area contributed by atoms with Crippen LogP contribution in [0.5, 0.6) is 11.5 Å². The number of thioether (sulfide) groups is 1. The van der Waals surface area contributed by atoms with Gasteiger partial charge in [0.2, 0.25) is 11.8 Å². The highest BCUT2D eigenvalue weighted by atomic mass is 32.2. The third-order valence-electron chi connectivity index (χ3n) is 4.10. The number of ether oxygens (including phenoxy) is 2. The minimum atomic E-state index is -0.154. The number of rotatable bonds is 8. The van der Waals surface area contributed by atoms with E-state index in [9.17, 15) is 9.59 Å². The van der Waals surface area contributed by atoms with Crippen LogP contribution in [0.25, 0.3) is 0 Å². The molecule has 27 heavy (non-hydrogen) atoms. The average molecular weight is 386 g/mol. The quantitative estimate of drug-likeness (QED) is 0.675. The number of methoxy groups -OCH3 is 2. The minimum Gasteiger partial charge on any atom is -0.497 e. The van der Waals surface area contributed by atoms with Crippen molar-refractivity contribution in [1.29, 1.82) is 0 Å². The first-order valence-electron chi connectivity index (χ1n) is 8.64. The molecular formula is C20H22N2O4S. The van der Waals surface area contributed by atoms with Gasteiger partial charge in [0.15, 0.2) is 0 Å². The first kappa shape index (κ1) is 19.1. The molecule has 3 rings (SSSR count). The van der Waals surface area contributed by atoms with Gasteiger partial charge < -0.3 is 20.1 Å². The smallest absolute Gasteiger partial charge is 0.234 e. The van der Waals surface area contributed by atoms with E-state index in [0.717, 1.165) is 23.4 Å². The van der Waals surface area contributed by atoms with Crippen LogP contribution in [0, 0.1) is 5.92 Å². The predicted octanol–water partition coefficient (Wildman–Crippen LogP) is 3.78. The van der Waals surface area contributed by atoms with Crippen molar-refractivity contribution < 1.29 is 19.1 Å². The lowest BCUT2D eigenvalue weighted by Crippen LogP contribution is -2.15. The molecule has 142 valence electrons. The van der Waals surface area contributed by atoms with Crippen LogP contribution >= 0.6 is 11.8 Å². The van der Waals surface area contributed by atoms with Gasteiger partial charge in [-0.3, -0.25) is 9.59 Å². The number of amides is 2. The van der Waals surface area contributed by atoms with Crippen LogP contribution in [0.2, 0.25) is 0 Å². The Morgan fingerprint density at radius 2 is 1.89 bits per heavy atom. The summed E-state index contributed by atoms with van der Waals surface area (Å²) in [5, 5.41) is 5.76. The van der Waals surface area contributed by atoms with Crippen molar-refractivity contribution in [2.45, 2.75) is 17.7 Å². The van der Waals surface area contributed by atoms with Gasteiger partial charge in [-0.05, 0) is 43.2 Å². The summed E-state index contributed by atoms with van der Waals surface area (Å²) in [6, 6.07) is 12.7. The summed E-state index contributed by atoms with van der Waals surface area (Å²) in [4.78, 5) is 25.1. The van der Waals surface area contributed by atoms with E-state index in [1.165, 1.54) is 11.8 Å². The normalized spacial score (nSPS) is 13.0. The maximum Gasteiger partial charge on any atom is 0.234 e. The van der Waals surface area contributed by atoms with Crippen molar-refractivity contribution in [1.82, 2.24) is 0 Å². The molecule has 0 saturated heterocycles. The SMILES string of the molecule is COc1ccc(OC)c(NC(=O)CSc2cccc(NC(=O)C3CC3)c2)c1.